The number of furan rings is 1. The van der Waals surface area contributed by atoms with Gasteiger partial charge in [0.05, 0.1) is 6.21 Å². The molecule has 1 amide bonds. The van der Waals surface area contributed by atoms with Crippen molar-refractivity contribution in [1.29, 1.82) is 0 Å². The molecule has 220 valence electrons. The van der Waals surface area contributed by atoms with Gasteiger partial charge in [0.1, 0.15) is 30.5 Å². The van der Waals surface area contributed by atoms with Gasteiger partial charge in [-0.05, 0) is 87.0 Å². The quantitative estimate of drug-likeness (QED) is 0.136. The summed E-state index contributed by atoms with van der Waals surface area (Å²) in [5.74, 6) is 1.58. The van der Waals surface area contributed by atoms with Gasteiger partial charge in [-0.25, -0.2) is 5.43 Å². The van der Waals surface area contributed by atoms with Crippen LogP contribution < -0.4 is 19.8 Å². The second kappa shape index (κ2) is 13.2. The molecule has 0 aliphatic rings. The van der Waals surface area contributed by atoms with Gasteiger partial charge in [0.2, 0.25) is 0 Å². The van der Waals surface area contributed by atoms with E-state index in [1.807, 2.05) is 73.6 Å². The average molecular weight is 577 g/mol. The lowest BCUT2D eigenvalue weighted by Crippen LogP contribution is -2.17. The van der Waals surface area contributed by atoms with E-state index >= 15 is 0 Å². The maximum atomic E-state index is 12.7. The topological polar surface area (TPSA) is 81.2 Å². The minimum Gasteiger partial charge on any atom is -0.488 e. The number of carbonyl (C=O) groups is 1. The van der Waals surface area contributed by atoms with E-state index in [1.165, 1.54) is 17.0 Å². The van der Waals surface area contributed by atoms with Crippen LogP contribution in [0.2, 0.25) is 0 Å². The number of hydrazone groups is 1. The Kier molecular flexibility index (Phi) is 8.96. The van der Waals surface area contributed by atoms with Crippen LogP contribution in [0.25, 0.3) is 5.69 Å². The van der Waals surface area contributed by atoms with Crippen molar-refractivity contribution in [2.24, 2.45) is 5.10 Å². The summed E-state index contributed by atoms with van der Waals surface area (Å²) in [6, 6.07) is 29.4. The first-order valence-corrected chi connectivity index (χ1v) is 14.1. The Morgan fingerprint density at radius 2 is 1.58 bits per heavy atom. The highest BCUT2D eigenvalue weighted by Gasteiger charge is 2.12. The van der Waals surface area contributed by atoms with E-state index in [2.05, 4.69) is 60.1 Å². The van der Waals surface area contributed by atoms with E-state index in [4.69, 9.17) is 13.9 Å². The van der Waals surface area contributed by atoms with E-state index in [0.29, 0.717) is 23.9 Å². The molecule has 1 N–H and O–H groups in total. The largest absolute Gasteiger partial charge is 0.488 e. The van der Waals surface area contributed by atoms with E-state index in [0.717, 1.165) is 22.5 Å². The molecule has 5 rings (SSSR count). The maximum Gasteiger partial charge on any atom is 0.307 e. The number of amides is 1. The molecule has 8 nitrogen and oxygen atoms in total. The summed E-state index contributed by atoms with van der Waals surface area (Å²) in [5.41, 5.74) is 9.94. The fourth-order valence-electron chi connectivity index (χ4n) is 4.59. The van der Waals surface area contributed by atoms with E-state index in [9.17, 15) is 4.79 Å². The molecule has 0 spiro atoms. The minimum atomic E-state index is -0.462. The molecule has 2 aromatic heterocycles. The van der Waals surface area contributed by atoms with Crippen molar-refractivity contribution in [2.45, 2.75) is 34.0 Å². The summed E-state index contributed by atoms with van der Waals surface area (Å²) in [6.45, 7) is 6.82. The van der Waals surface area contributed by atoms with Gasteiger partial charge in [0, 0.05) is 48.5 Å². The smallest absolute Gasteiger partial charge is 0.307 e. The molecule has 0 unspecified atom stereocenters. The molecule has 0 bridgehead atoms. The number of benzene rings is 3. The van der Waals surface area contributed by atoms with Crippen molar-refractivity contribution in [3.63, 3.8) is 0 Å². The highest BCUT2D eigenvalue weighted by molar-refractivity contribution is 5.93. The van der Waals surface area contributed by atoms with Crippen LogP contribution in [0, 0.1) is 20.8 Å². The normalized spacial score (nSPS) is 11.1. The van der Waals surface area contributed by atoms with Crippen LogP contribution in [0.3, 0.4) is 0 Å². The molecular weight excluding hydrogens is 540 g/mol. The number of aromatic nitrogens is 1. The van der Waals surface area contributed by atoms with Crippen LogP contribution in [-0.4, -0.2) is 30.8 Å². The fraction of sp³-hybridized carbons (Fsp3) is 0.200. The van der Waals surface area contributed by atoms with E-state index in [1.54, 1.807) is 18.3 Å². The fourth-order valence-corrected chi connectivity index (χ4v) is 4.59. The van der Waals surface area contributed by atoms with Gasteiger partial charge in [-0.15, -0.1) is 0 Å². The first-order chi connectivity index (χ1) is 20.8. The molecule has 8 heteroatoms. The van der Waals surface area contributed by atoms with Crippen molar-refractivity contribution in [3.8, 4) is 17.2 Å². The number of nitrogens with one attached hydrogen (secondary N) is 1. The number of hydrogen-bond donors (Lipinski definition) is 1. The van der Waals surface area contributed by atoms with Gasteiger partial charge in [0.15, 0.2) is 5.76 Å². The summed E-state index contributed by atoms with van der Waals surface area (Å²) in [5, 5.41) is 4.15. The van der Waals surface area contributed by atoms with Crippen LogP contribution in [-0.2, 0) is 13.2 Å². The zero-order chi connectivity index (χ0) is 30.3. The number of hydrogen-bond acceptors (Lipinski definition) is 6. The lowest BCUT2D eigenvalue weighted by Gasteiger charge is -2.16. The molecule has 3 aromatic carbocycles. The number of nitrogens with zero attached hydrogens (tertiary/aromatic N) is 3. The lowest BCUT2D eigenvalue weighted by molar-refractivity contribution is 0.0923. The Bertz CT molecular complexity index is 1690. The molecule has 0 atom stereocenters. The standard InChI is InChI=1S/C35H36N4O4/c1-24-6-10-27(11-7-24)22-42-34-20-30(38(4)5)13-12-28(34)21-36-37-35(40)33-19-18-32(43-33)23-41-31-16-14-29(15-17-31)39-25(2)8-9-26(39)3/h6-21H,22-23H2,1-5H3,(H,37,40)/b36-21+. The van der Waals surface area contributed by atoms with Crippen molar-refractivity contribution >= 4 is 17.8 Å². The third-order valence-electron chi connectivity index (χ3n) is 7.03. The Morgan fingerprint density at radius 1 is 0.860 bits per heavy atom. The molecule has 0 aliphatic carbocycles. The number of aryl methyl sites for hydroxylation is 3. The van der Waals surface area contributed by atoms with Gasteiger partial charge in [-0.1, -0.05) is 29.8 Å². The zero-order valence-corrected chi connectivity index (χ0v) is 25.1. The van der Waals surface area contributed by atoms with Gasteiger partial charge in [-0.2, -0.15) is 5.10 Å². The molecule has 0 fully saturated rings. The summed E-state index contributed by atoms with van der Waals surface area (Å²) in [7, 11) is 3.94. The highest BCUT2D eigenvalue weighted by Crippen LogP contribution is 2.25. The third-order valence-corrected chi connectivity index (χ3v) is 7.03. The van der Waals surface area contributed by atoms with Gasteiger partial charge in [0.25, 0.3) is 0 Å². The molecule has 43 heavy (non-hydrogen) atoms. The Balaban J connectivity index is 1.17. The second-order valence-corrected chi connectivity index (χ2v) is 10.6. The summed E-state index contributed by atoms with van der Waals surface area (Å²) in [6.07, 6.45) is 1.56. The van der Waals surface area contributed by atoms with Gasteiger partial charge in [-0.3, -0.25) is 4.79 Å². The number of rotatable bonds is 11. The Morgan fingerprint density at radius 3 is 2.28 bits per heavy atom. The summed E-state index contributed by atoms with van der Waals surface area (Å²) < 4.78 is 19.9. The van der Waals surface area contributed by atoms with Crippen molar-refractivity contribution in [3.05, 3.63) is 131 Å². The SMILES string of the molecule is Cc1ccc(COc2cc(N(C)C)ccc2/C=N/NC(=O)c2ccc(COc3ccc(-n4c(C)ccc4C)cc3)o2)cc1. The minimum absolute atomic E-state index is 0.142. The van der Waals surface area contributed by atoms with E-state index in [-0.39, 0.29) is 12.4 Å². The van der Waals surface area contributed by atoms with Crippen molar-refractivity contribution < 1.29 is 18.7 Å². The van der Waals surface area contributed by atoms with Gasteiger partial charge < -0.3 is 23.4 Å². The molecule has 5 aromatic rings. The average Bonchev–Trinajstić information content (AvgIpc) is 3.62. The predicted octanol–water partition coefficient (Wildman–Crippen LogP) is 6.98. The van der Waals surface area contributed by atoms with Crippen molar-refractivity contribution in [2.75, 3.05) is 19.0 Å². The Hall–Kier alpha value is -5.24. The predicted molar refractivity (Wildman–Crippen MR) is 170 cm³/mol. The highest BCUT2D eigenvalue weighted by atomic mass is 16.5. The van der Waals surface area contributed by atoms with E-state index < -0.39 is 5.91 Å². The van der Waals surface area contributed by atoms with Crippen LogP contribution in [0.4, 0.5) is 5.69 Å². The van der Waals surface area contributed by atoms with Crippen LogP contribution in [0.1, 0.15) is 44.4 Å². The Labute approximate surface area is 252 Å². The van der Waals surface area contributed by atoms with Crippen molar-refractivity contribution in [1.82, 2.24) is 9.99 Å². The molecular formula is C35H36N4O4. The molecule has 0 saturated carbocycles. The third kappa shape index (κ3) is 7.35. The zero-order valence-electron chi connectivity index (χ0n) is 25.1. The van der Waals surface area contributed by atoms with Crippen LogP contribution >= 0.6 is 0 Å². The first kappa shape index (κ1) is 29.3. The first-order valence-electron chi connectivity index (χ1n) is 14.1. The monoisotopic (exact) mass is 576 g/mol. The van der Waals surface area contributed by atoms with Gasteiger partial charge >= 0.3 is 5.91 Å². The van der Waals surface area contributed by atoms with Crippen LogP contribution in [0.15, 0.2) is 101 Å². The maximum absolute atomic E-state index is 12.7. The van der Waals surface area contributed by atoms with Crippen LogP contribution in [0.5, 0.6) is 11.5 Å². The number of ether oxygens (including phenoxy) is 2. The molecule has 2 heterocycles. The summed E-state index contributed by atoms with van der Waals surface area (Å²) >= 11 is 0. The molecule has 0 radical (unpaired) electrons. The molecule has 0 aliphatic heterocycles. The number of carbonyl (C=O) groups excluding carboxylic acids is 1. The number of anilines is 1. The second-order valence-electron chi connectivity index (χ2n) is 10.6. The summed E-state index contributed by atoms with van der Waals surface area (Å²) in [4.78, 5) is 14.7. The molecule has 0 saturated heterocycles. The lowest BCUT2D eigenvalue weighted by atomic mass is 10.1.